The van der Waals surface area contributed by atoms with Crippen molar-refractivity contribution in [1.82, 2.24) is 15.1 Å². The minimum atomic E-state index is -0.878. The number of hydrogen-bond acceptors (Lipinski definition) is 7. The van der Waals surface area contributed by atoms with Crippen LogP contribution in [-0.4, -0.2) is 69.3 Å². The molecule has 7 atom stereocenters. The minimum absolute atomic E-state index is 0.0575. The van der Waals surface area contributed by atoms with Crippen LogP contribution >= 0.6 is 23.4 Å². The molecular formula is C34H42ClF2N5OS. The summed E-state index contributed by atoms with van der Waals surface area (Å²) in [4.78, 5) is 15.1. The maximum Gasteiger partial charge on any atom is 0.138 e. The van der Waals surface area contributed by atoms with Gasteiger partial charge in [-0.25, -0.2) is 8.78 Å². The number of amidine groups is 1. The Balaban J connectivity index is 1.34. The second-order valence-electron chi connectivity index (χ2n) is 12.6. The minimum Gasteiger partial charge on any atom is -0.393 e. The first-order valence-corrected chi connectivity index (χ1v) is 17.2. The third-order valence-electron chi connectivity index (χ3n) is 9.46. The molecule has 236 valence electrons. The summed E-state index contributed by atoms with van der Waals surface area (Å²) in [5.74, 6) is 1.13. The number of aliphatic hydroxyl groups is 1. The lowest BCUT2D eigenvalue weighted by molar-refractivity contribution is 0.176. The molecule has 4 heterocycles. The van der Waals surface area contributed by atoms with Gasteiger partial charge in [-0.1, -0.05) is 42.1 Å². The summed E-state index contributed by atoms with van der Waals surface area (Å²) < 4.78 is 27.9. The summed E-state index contributed by atoms with van der Waals surface area (Å²) in [5, 5.41) is 15.7. The van der Waals surface area contributed by atoms with Crippen molar-refractivity contribution < 1.29 is 13.9 Å². The van der Waals surface area contributed by atoms with Gasteiger partial charge >= 0.3 is 0 Å². The summed E-state index contributed by atoms with van der Waals surface area (Å²) in [6, 6.07) is 4.16. The number of fused-ring (bicyclic) bond motifs is 1. The Morgan fingerprint density at radius 1 is 1.30 bits per heavy atom. The molecule has 6 nitrogen and oxygen atoms in total. The summed E-state index contributed by atoms with van der Waals surface area (Å²) >= 11 is 8.38. The van der Waals surface area contributed by atoms with E-state index in [2.05, 4.69) is 27.8 Å². The monoisotopic (exact) mass is 641 g/mol. The van der Waals surface area contributed by atoms with Crippen molar-refractivity contribution in [2.24, 2.45) is 15.9 Å². The fourth-order valence-electron chi connectivity index (χ4n) is 7.20. The van der Waals surface area contributed by atoms with E-state index in [1.54, 1.807) is 24.8 Å². The largest absolute Gasteiger partial charge is 0.393 e. The van der Waals surface area contributed by atoms with Crippen LogP contribution in [0.2, 0.25) is 5.02 Å². The number of rotatable bonds is 12. The first-order chi connectivity index (χ1) is 21.3. The van der Waals surface area contributed by atoms with Crippen molar-refractivity contribution in [2.45, 2.75) is 94.1 Å². The zero-order valence-electron chi connectivity index (χ0n) is 25.2. The highest BCUT2D eigenvalue weighted by Crippen LogP contribution is 2.45. The predicted octanol–water partition coefficient (Wildman–Crippen LogP) is 7.30. The van der Waals surface area contributed by atoms with E-state index in [-0.39, 0.29) is 29.4 Å². The van der Waals surface area contributed by atoms with Crippen LogP contribution in [0.4, 0.5) is 8.78 Å². The molecule has 1 aromatic rings. The van der Waals surface area contributed by atoms with Gasteiger partial charge < -0.3 is 20.2 Å². The second kappa shape index (κ2) is 13.8. The summed E-state index contributed by atoms with van der Waals surface area (Å²) in [7, 11) is 0. The normalized spacial score (nSPS) is 30.0. The van der Waals surface area contributed by atoms with Gasteiger partial charge in [-0.05, 0) is 87.6 Å². The zero-order valence-corrected chi connectivity index (χ0v) is 26.8. The topological polar surface area (TPSA) is 63.5 Å². The van der Waals surface area contributed by atoms with Gasteiger partial charge in [0.05, 0.1) is 30.1 Å². The fourth-order valence-corrected chi connectivity index (χ4v) is 8.25. The Morgan fingerprint density at radius 3 is 2.86 bits per heavy atom. The van der Waals surface area contributed by atoms with Gasteiger partial charge in [-0.2, -0.15) is 0 Å². The van der Waals surface area contributed by atoms with Crippen molar-refractivity contribution >= 4 is 34.9 Å². The van der Waals surface area contributed by atoms with E-state index in [1.165, 1.54) is 12.1 Å². The van der Waals surface area contributed by atoms with Crippen molar-refractivity contribution in [3.05, 3.63) is 82.4 Å². The molecule has 0 radical (unpaired) electrons. The van der Waals surface area contributed by atoms with Gasteiger partial charge in [0.25, 0.3) is 0 Å². The Bertz CT molecular complexity index is 1390. The van der Waals surface area contributed by atoms with Crippen molar-refractivity contribution in [3.63, 3.8) is 0 Å². The molecule has 1 saturated heterocycles. The molecule has 1 aromatic carbocycles. The van der Waals surface area contributed by atoms with Crippen molar-refractivity contribution in [2.75, 3.05) is 13.1 Å². The summed E-state index contributed by atoms with van der Waals surface area (Å²) in [6.45, 7) is 7.43. The second-order valence-corrected chi connectivity index (χ2v) is 14.0. The Kier molecular flexibility index (Phi) is 9.83. The molecule has 4 aliphatic heterocycles. The zero-order chi connectivity index (χ0) is 30.8. The Morgan fingerprint density at radius 2 is 2.16 bits per heavy atom. The number of alkyl halides is 1. The van der Waals surface area contributed by atoms with E-state index in [4.69, 9.17) is 21.6 Å². The van der Waals surface area contributed by atoms with Gasteiger partial charge in [0.15, 0.2) is 0 Å². The first kappa shape index (κ1) is 31.4. The molecule has 1 aliphatic carbocycles. The number of halogens is 3. The van der Waals surface area contributed by atoms with Crippen LogP contribution in [0.1, 0.15) is 69.9 Å². The number of aliphatic hydroxyl groups excluding tert-OH is 1. The molecule has 10 heteroatoms. The fraction of sp³-hybridized carbons (Fsp3) is 0.529. The molecular weight excluding hydrogens is 600 g/mol. The number of nitrogens with zero attached hydrogens (tertiary/aromatic N) is 4. The molecule has 5 aliphatic rings. The Hall–Kier alpha value is -2.62. The highest BCUT2D eigenvalue weighted by atomic mass is 35.5. The lowest BCUT2D eigenvalue weighted by Gasteiger charge is -2.35. The highest BCUT2D eigenvalue weighted by Gasteiger charge is 2.43. The molecule has 0 spiro atoms. The molecule has 6 rings (SSSR count). The van der Waals surface area contributed by atoms with Gasteiger partial charge in [0.1, 0.15) is 23.1 Å². The standard InChI is InChI=1S/C34H42ClF2N5OS/c1-3-41(15-4-5-22-7-11-26(43)17-22)25-19-30-31(29-13-10-24(39-29)9-6-21(2)36)32(27-12-8-23(37)18-28(27)35)40-33(42(30)20-25)34-38-14-16-44-34/h3,8,10,12-14,16,18,21-22,24-26,32,34,38,43H,1,4-7,9,11,15,17,19-20H2,2H3/t21?,22?,24?,25-,26-,32-,34?/m0/s1. The number of hydrogen-bond donors (Lipinski definition) is 2. The van der Waals surface area contributed by atoms with Gasteiger partial charge in [0.2, 0.25) is 0 Å². The molecule has 2 fully saturated rings. The number of nitrogens with one attached hydrogen (secondary N) is 1. The lowest BCUT2D eigenvalue weighted by Crippen LogP contribution is -2.44. The molecule has 44 heavy (non-hydrogen) atoms. The molecule has 2 N–H and O–H groups in total. The average Bonchev–Trinajstić information content (AvgIpc) is 3.81. The summed E-state index contributed by atoms with van der Waals surface area (Å²) in [6.07, 6.45) is 13.9. The maximum absolute atomic E-state index is 14.2. The number of thioether (sulfide) groups is 1. The molecule has 4 unspecified atom stereocenters. The van der Waals surface area contributed by atoms with Gasteiger partial charge in [-0.3, -0.25) is 9.98 Å². The summed E-state index contributed by atoms with van der Waals surface area (Å²) in [5.41, 5.74) is 3.71. The molecule has 0 aromatic heterocycles. The van der Waals surface area contributed by atoms with Gasteiger partial charge in [-0.15, -0.1) is 0 Å². The van der Waals surface area contributed by atoms with Crippen LogP contribution in [0, 0.1) is 11.7 Å². The van der Waals surface area contributed by atoms with Crippen LogP contribution in [0.15, 0.2) is 76.0 Å². The number of benzene rings is 1. The van der Waals surface area contributed by atoms with E-state index in [1.807, 2.05) is 23.9 Å². The third-order valence-corrected chi connectivity index (χ3v) is 10.7. The molecule has 0 amide bonds. The quantitative estimate of drug-likeness (QED) is 0.251. The van der Waals surface area contributed by atoms with Crippen molar-refractivity contribution in [1.29, 1.82) is 0 Å². The highest BCUT2D eigenvalue weighted by molar-refractivity contribution is 8.03. The average molecular weight is 642 g/mol. The van der Waals surface area contributed by atoms with E-state index in [0.717, 1.165) is 80.0 Å². The molecule has 0 bridgehead atoms. The van der Waals surface area contributed by atoms with Crippen LogP contribution in [0.25, 0.3) is 0 Å². The Labute approximate surface area is 268 Å². The predicted molar refractivity (Wildman–Crippen MR) is 177 cm³/mol. The smallest absolute Gasteiger partial charge is 0.138 e. The maximum atomic E-state index is 14.2. The van der Waals surface area contributed by atoms with E-state index < -0.39 is 12.2 Å². The number of allylic oxidation sites excluding steroid dienone is 1. The molecule has 1 saturated carbocycles. The SMILES string of the molecule is C=CN(CCCC1CC[C@H](O)C1)[C@H]1CC2=C(C3=NC(CCC(C)F)C=C3)[C@H](c3ccc(F)cc3Cl)N=C(C3NC=CS3)N2C1. The van der Waals surface area contributed by atoms with Gasteiger partial charge in [0, 0.05) is 47.6 Å². The van der Waals surface area contributed by atoms with Crippen LogP contribution in [0.5, 0.6) is 0 Å². The van der Waals surface area contributed by atoms with E-state index in [9.17, 15) is 13.9 Å². The van der Waals surface area contributed by atoms with E-state index >= 15 is 0 Å². The van der Waals surface area contributed by atoms with Crippen LogP contribution in [-0.2, 0) is 0 Å². The third kappa shape index (κ3) is 6.80. The van der Waals surface area contributed by atoms with Crippen LogP contribution < -0.4 is 5.32 Å². The lowest BCUT2D eigenvalue weighted by atomic mass is 9.91. The first-order valence-electron chi connectivity index (χ1n) is 15.9. The number of aliphatic imine (C=N–C) groups is 2. The van der Waals surface area contributed by atoms with Crippen LogP contribution in [0.3, 0.4) is 0 Å². The van der Waals surface area contributed by atoms with Crippen molar-refractivity contribution in [3.8, 4) is 0 Å². The van der Waals surface area contributed by atoms with E-state index in [0.29, 0.717) is 23.8 Å².